The average Bonchev–Trinajstić information content (AvgIpc) is 3.02. The lowest BCUT2D eigenvalue weighted by molar-refractivity contribution is 0.159. The molecule has 2 heterocycles. The van der Waals surface area contributed by atoms with E-state index in [2.05, 4.69) is 31.8 Å². The Morgan fingerprint density at radius 1 is 1.37 bits per heavy atom. The fourth-order valence-corrected chi connectivity index (χ4v) is 2.83. The molecule has 0 radical (unpaired) electrons. The molecule has 2 aliphatic rings. The van der Waals surface area contributed by atoms with E-state index >= 15 is 0 Å². The van der Waals surface area contributed by atoms with Crippen LogP contribution < -0.4 is 15.6 Å². The molecule has 19 heavy (non-hydrogen) atoms. The molecule has 0 spiro atoms. The Kier molecular flexibility index (Phi) is 3.72. The van der Waals surface area contributed by atoms with E-state index in [1.807, 2.05) is 29.2 Å². The maximum atomic E-state index is 10.0. The summed E-state index contributed by atoms with van der Waals surface area (Å²) in [7, 11) is 0. The zero-order valence-electron chi connectivity index (χ0n) is 10.5. The Bertz CT molecular complexity index is 470. The molecule has 0 aliphatic carbocycles. The van der Waals surface area contributed by atoms with Crippen LogP contribution in [-0.4, -0.2) is 30.4 Å². The van der Waals surface area contributed by atoms with Gasteiger partial charge in [0.1, 0.15) is 5.84 Å². The molecule has 2 atom stereocenters. The minimum atomic E-state index is -0.773. The number of rotatable bonds is 3. The highest BCUT2D eigenvalue weighted by atomic mass is 79.9. The van der Waals surface area contributed by atoms with Crippen LogP contribution in [-0.2, 0) is 0 Å². The normalized spacial score (nSPS) is 26.4. The summed E-state index contributed by atoms with van der Waals surface area (Å²) < 4.78 is 1.02. The minimum Gasteiger partial charge on any atom is -0.355 e. The average molecular weight is 325 g/mol. The first-order valence-corrected chi connectivity index (χ1v) is 7.29. The molecule has 1 aromatic rings. The summed E-state index contributed by atoms with van der Waals surface area (Å²) >= 11 is 3.42. The molecular weight excluding hydrogens is 308 g/mol. The highest BCUT2D eigenvalue weighted by molar-refractivity contribution is 9.10. The Morgan fingerprint density at radius 2 is 2.16 bits per heavy atom. The molecule has 3 N–H and O–H groups in total. The lowest BCUT2D eigenvalue weighted by Gasteiger charge is -2.24. The van der Waals surface area contributed by atoms with Crippen LogP contribution in [0.25, 0.3) is 0 Å². The van der Waals surface area contributed by atoms with Gasteiger partial charge in [0.15, 0.2) is 0 Å². The summed E-state index contributed by atoms with van der Waals surface area (Å²) in [5.74, 6) is 1.51. The number of hydrogen-bond acceptors (Lipinski definition) is 5. The zero-order valence-corrected chi connectivity index (χ0v) is 12.1. The van der Waals surface area contributed by atoms with Crippen LogP contribution in [0.5, 0.6) is 0 Å². The van der Waals surface area contributed by atoms with Crippen LogP contribution in [0.4, 0.5) is 5.69 Å². The minimum absolute atomic E-state index is 0.601. The second-order valence-electron chi connectivity index (χ2n) is 4.94. The predicted octanol–water partition coefficient (Wildman–Crippen LogP) is 1.45. The van der Waals surface area contributed by atoms with Crippen molar-refractivity contribution in [3.05, 3.63) is 28.7 Å². The van der Waals surface area contributed by atoms with Crippen molar-refractivity contribution in [3.8, 4) is 0 Å². The molecule has 1 fully saturated rings. The fraction of sp³-hybridized carbons (Fsp3) is 0.462. The molecule has 0 aromatic heterocycles. The Labute approximate surface area is 120 Å². The number of hydrazone groups is 1. The summed E-state index contributed by atoms with van der Waals surface area (Å²) in [5.41, 5.74) is 3.69. The summed E-state index contributed by atoms with van der Waals surface area (Å²) in [6.45, 7) is 2.11. The quantitative estimate of drug-likeness (QED) is 0.787. The largest absolute Gasteiger partial charge is 0.355 e. The molecule has 0 saturated carbocycles. The third-order valence-corrected chi connectivity index (χ3v) is 4.10. The topological polar surface area (TPSA) is 59.9 Å². The van der Waals surface area contributed by atoms with Gasteiger partial charge in [0.25, 0.3) is 0 Å². The lowest BCUT2D eigenvalue weighted by Crippen LogP contribution is -2.40. The van der Waals surface area contributed by atoms with Gasteiger partial charge in [0.05, 0.1) is 0 Å². The van der Waals surface area contributed by atoms with Crippen LogP contribution >= 0.6 is 15.9 Å². The van der Waals surface area contributed by atoms with E-state index in [9.17, 15) is 5.11 Å². The van der Waals surface area contributed by atoms with Gasteiger partial charge < -0.3 is 10.4 Å². The van der Waals surface area contributed by atoms with Crippen molar-refractivity contribution in [2.45, 2.75) is 19.2 Å². The van der Waals surface area contributed by atoms with Crippen molar-refractivity contribution in [2.24, 2.45) is 11.0 Å². The van der Waals surface area contributed by atoms with E-state index in [-0.39, 0.29) is 0 Å². The predicted molar refractivity (Wildman–Crippen MR) is 78.8 cm³/mol. The molecule has 0 bridgehead atoms. The van der Waals surface area contributed by atoms with Gasteiger partial charge in [0, 0.05) is 16.6 Å². The first-order chi connectivity index (χ1) is 9.24. The Balaban J connectivity index is 1.77. The van der Waals surface area contributed by atoms with E-state index in [1.165, 1.54) is 6.42 Å². The maximum Gasteiger partial charge on any atom is 0.225 e. The molecule has 3 rings (SSSR count). The molecule has 0 amide bonds. The van der Waals surface area contributed by atoms with E-state index in [1.54, 1.807) is 0 Å². The number of nitrogens with one attached hydrogen (secondary N) is 2. The summed E-state index contributed by atoms with van der Waals surface area (Å²) in [5, 5.41) is 17.6. The van der Waals surface area contributed by atoms with E-state index < -0.39 is 6.35 Å². The molecule has 5 nitrogen and oxygen atoms in total. The van der Waals surface area contributed by atoms with Gasteiger partial charge in [0.2, 0.25) is 6.35 Å². The van der Waals surface area contributed by atoms with Crippen LogP contribution in [0, 0.1) is 5.92 Å². The smallest absolute Gasteiger partial charge is 0.225 e. The Morgan fingerprint density at radius 3 is 2.84 bits per heavy atom. The first kappa shape index (κ1) is 12.9. The molecule has 1 aromatic carbocycles. The summed E-state index contributed by atoms with van der Waals surface area (Å²) in [4.78, 5) is 1.85. The lowest BCUT2D eigenvalue weighted by atomic mass is 10.0. The van der Waals surface area contributed by atoms with Crippen LogP contribution in [0.3, 0.4) is 0 Å². The molecule has 6 heteroatoms. The SMILES string of the molecule is OC1NN=C(C[C@@H]2CCNC2)N1c1ccc(Br)cc1. The van der Waals surface area contributed by atoms with E-state index in [0.29, 0.717) is 5.92 Å². The third-order valence-electron chi connectivity index (χ3n) is 3.57. The molecule has 1 unspecified atom stereocenters. The molecular formula is C13H17BrN4O. The van der Waals surface area contributed by atoms with Crippen LogP contribution in [0.2, 0.25) is 0 Å². The highest BCUT2D eigenvalue weighted by Crippen LogP contribution is 2.25. The van der Waals surface area contributed by atoms with E-state index in [0.717, 1.165) is 35.5 Å². The van der Waals surface area contributed by atoms with Gasteiger partial charge in [-0.05, 0) is 49.7 Å². The number of nitrogens with zero attached hydrogens (tertiary/aromatic N) is 2. The number of hydrogen-bond donors (Lipinski definition) is 3. The van der Waals surface area contributed by atoms with Crippen LogP contribution in [0.1, 0.15) is 12.8 Å². The second-order valence-corrected chi connectivity index (χ2v) is 5.86. The van der Waals surface area contributed by atoms with Crippen LogP contribution in [0.15, 0.2) is 33.8 Å². The number of amidine groups is 1. The van der Waals surface area contributed by atoms with Gasteiger partial charge in [-0.25, -0.2) is 0 Å². The van der Waals surface area contributed by atoms with Gasteiger partial charge in [-0.3, -0.25) is 10.3 Å². The molecule has 2 aliphatic heterocycles. The number of aliphatic hydroxyl groups is 1. The monoisotopic (exact) mass is 324 g/mol. The second kappa shape index (κ2) is 5.48. The number of anilines is 1. The fourth-order valence-electron chi connectivity index (χ4n) is 2.57. The van der Waals surface area contributed by atoms with Gasteiger partial charge in [-0.1, -0.05) is 15.9 Å². The van der Waals surface area contributed by atoms with E-state index in [4.69, 9.17) is 0 Å². The number of benzene rings is 1. The third kappa shape index (κ3) is 2.75. The summed E-state index contributed by atoms with van der Waals surface area (Å²) in [6.07, 6.45) is 1.28. The van der Waals surface area contributed by atoms with Crippen molar-refractivity contribution in [2.75, 3.05) is 18.0 Å². The van der Waals surface area contributed by atoms with Crippen molar-refractivity contribution >= 4 is 27.5 Å². The standard InChI is InChI=1S/C13H17BrN4O/c14-10-1-3-11(4-2-10)18-12(16-17-13(18)19)7-9-5-6-15-8-9/h1-4,9,13,15,17,19H,5-8H2/t9-,13?/m0/s1. The first-order valence-electron chi connectivity index (χ1n) is 6.50. The van der Waals surface area contributed by atoms with Crippen molar-refractivity contribution in [3.63, 3.8) is 0 Å². The number of halogens is 1. The highest BCUT2D eigenvalue weighted by Gasteiger charge is 2.29. The van der Waals surface area contributed by atoms with Gasteiger partial charge in [-0.2, -0.15) is 5.10 Å². The summed E-state index contributed by atoms with van der Waals surface area (Å²) in [6, 6.07) is 7.88. The zero-order chi connectivity index (χ0) is 13.2. The van der Waals surface area contributed by atoms with Gasteiger partial charge in [-0.15, -0.1) is 0 Å². The molecule has 1 saturated heterocycles. The van der Waals surface area contributed by atoms with Gasteiger partial charge >= 0.3 is 0 Å². The maximum absolute atomic E-state index is 10.0. The van der Waals surface area contributed by atoms with Crippen molar-refractivity contribution in [1.82, 2.24) is 10.7 Å². The Hall–Kier alpha value is -1.11. The number of aliphatic hydroxyl groups excluding tert-OH is 1. The van der Waals surface area contributed by atoms with Crippen molar-refractivity contribution < 1.29 is 5.11 Å². The molecule has 102 valence electrons. The van der Waals surface area contributed by atoms with Crippen molar-refractivity contribution in [1.29, 1.82) is 0 Å².